The van der Waals surface area contributed by atoms with Crippen LogP contribution >= 0.6 is 0 Å². The quantitative estimate of drug-likeness (QED) is 0.638. The molecular formula is C25H35N4O2+. The first-order valence-electron chi connectivity index (χ1n) is 12.0. The number of carbonyl (C=O) groups is 1. The molecule has 6 heteroatoms. The van der Waals surface area contributed by atoms with Crippen molar-refractivity contribution in [3.63, 3.8) is 0 Å². The molecule has 31 heavy (non-hydrogen) atoms. The number of amides is 1. The van der Waals surface area contributed by atoms with Gasteiger partial charge in [0, 0.05) is 6.04 Å². The lowest BCUT2D eigenvalue weighted by Crippen LogP contribution is -3.11. The van der Waals surface area contributed by atoms with E-state index in [1.54, 1.807) is 6.07 Å². The molecule has 4 bridgehead atoms. The van der Waals surface area contributed by atoms with E-state index in [0.29, 0.717) is 35.2 Å². The molecule has 3 N–H and O–H groups in total. The summed E-state index contributed by atoms with van der Waals surface area (Å²) in [7, 11) is 0. The molecule has 1 heterocycles. The van der Waals surface area contributed by atoms with Crippen molar-refractivity contribution in [1.82, 2.24) is 15.3 Å². The average Bonchev–Trinajstić information content (AvgIpc) is 2.72. The van der Waals surface area contributed by atoms with E-state index in [0.717, 1.165) is 29.2 Å². The lowest BCUT2D eigenvalue weighted by molar-refractivity contribution is -0.904. The molecule has 0 spiro atoms. The summed E-state index contributed by atoms with van der Waals surface area (Å²) in [5.74, 6) is 3.42. The van der Waals surface area contributed by atoms with Crippen LogP contribution in [0.3, 0.4) is 0 Å². The number of likely N-dealkylation sites (N-methyl/N-ethyl adjacent to an activating group) is 1. The Morgan fingerprint density at radius 3 is 2.48 bits per heavy atom. The summed E-state index contributed by atoms with van der Waals surface area (Å²) in [6.45, 7) is 6.05. The summed E-state index contributed by atoms with van der Waals surface area (Å²) in [6, 6.07) is 7.62. The van der Waals surface area contributed by atoms with Crippen molar-refractivity contribution in [3.8, 4) is 0 Å². The molecule has 0 aliphatic heterocycles. The maximum absolute atomic E-state index is 13.0. The summed E-state index contributed by atoms with van der Waals surface area (Å²) in [5.41, 5.74) is 0.912. The fourth-order valence-electron chi connectivity index (χ4n) is 7.15. The Morgan fingerprint density at radius 2 is 1.84 bits per heavy atom. The van der Waals surface area contributed by atoms with Crippen LogP contribution in [0.15, 0.2) is 29.1 Å². The van der Waals surface area contributed by atoms with Gasteiger partial charge in [0.05, 0.1) is 17.4 Å². The summed E-state index contributed by atoms with van der Waals surface area (Å²) in [6.07, 6.45) is 8.16. The molecule has 166 valence electrons. The molecule has 1 aromatic carbocycles. The van der Waals surface area contributed by atoms with E-state index in [1.807, 2.05) is 18.2 Å². The standard InChI is InChI=1S/C25H34N4O2/c1-3-29(14-22-27-21-7-5-4-6-20(21)24(31)28-22)15-23(30)26-16(2)25-11-17-8-18(12-25)10-19(9-17)13-25/h4-7,16-19H,3,8-15H2,1-2H3,(H,26,30)(H,27,28,31)/p+1/t16-,17?,18?,19?,25?/m0/s1. The molecule has 4 fully saturated rings. The van der Waals surface area contributed by atoms with Crippen molar-refractivity contribution < 1.29 is 9.69 Å². The van der Waals surface area contributed by atoms with Crippen molar-refractivity contribution in [3.05, 3.63) is 40.4 Å². The number of aromatic amines is 1. The molecule has 4 aliphatic rings. The molecule has 2 aromatic rings. The third-order valence-corrected chi connectivity index (χ3v) is 8.37. The normalized spacial score (nSPS) is 31.0. The van der Waals surface area contributed by atoms with Crippen LogP contribution in [0, 0.1) is 23.2 Å². The summed E-state index contributed by atoms with van der Waals surface area (Å²) >= 11 is 0. The van der Waals surface area contributed by atoms with Crippen LogP contribution in [-0.2, 0) is 11.3 Å². The fraction of sp³-hybridized carbons (Fsp3) is 0.640. The number of fused-ring (bicyclic) bond motifs is 1. The zero-order valence-corrected chi connectivity index (χ0v) is 18.7. The number of quaternary nitrogens is 1. The van der Waals surface area contributed by atoms with E-state index in [-0.39, 0.29) is 17.5 Å². The highest BCUT2D eigenvalue weighted by atomic mass is 16.2. The Hall–Kier alpha value is -2.21. The summed E-state index contributed by atoms with van der Waals surface area (Å²) in [5, 5.41) is 3.98. The van der Waals surface area contributed by atoms with E-state index in [1.165, 1.54) is 38.5 Å². The SMILES string of the molecule is CC[NH+](CC(=O)N[C@@H](C)C12CC3CC(CC(C3)C1)C2)Cc1nc2ccccc2c(=O)[nH]1. The lowest BCUT2D eigenvalue weighted by atomic mass is 9.48. The van der Waals surface area contributed by atoms with Crippen LogP contribution in [0.25, 0.3) is 10.9 Å². The first kappa shape index (κ1) is 20.7. The monoisotopic (exact) mass is 423 g/mol. The van der Waals surface area contributed by atoms with Gasteiger partial charge in [-0.25, -0.2) is 4.98 Å². The fourth-order valence-corrected chi connectivity index (χ4v) is 7.15. The predicted molar refractivity (Wildman–Crippen MR) is 121 cm³/mol. The largest absolute Gasteiger partial charge is 0.348 e. The molecule has 0 radical (unpaired) electrons. The Labute approximate surface area is 183 Å². The number of nitrogens with zero attached hydrogens (tertiary/aromatic N) is 1. The number of carbonyl (C=O) groups excluding carboxylic acids is 1. The van der Waals surface area contributed by atoms with Crippen molar-refractivity contribution in [2.75, 3.05) is 13.1 Å². The van der Waals surface area contributed by atoms with Crippen LogP contribution in [-0.4, -0.2) is 35.0 Å². The molecular weight excluding hydrogens is 388 g/mol. The molecule has 0 saturated heterocycles. The van der Waals surface area contributed by atoms with Gasteiger partial charge in [-0.05, 0) is 87.7 Å². The third kappa shape index (κ3) is 4.02. The zero-order valence-electron chi connectivity index (χ0n) is 18.7. The van der Waals surface area contributed by atoms with Crippen LogP contribution in [0.5, 0.6) is 0 Å². The molecule has 4 saturated carbocycles. The number of H-pyrrole nitrogens is 1. The van der Waals surface area contributed by atoms with Gasteiger partial charge in [0.1, 0.15) is 6.54 Å². The lowest BCUT2D eigenvalue weighted by Gasteiger charge is -2.59. The van der Waals surface area contributed by atoms with Crippen LogP contribution in [0.1, 0.15) is 58.2 Å². The summed E-state index contributed by atoms with van der Waals surface area (Å²) < 4.78 is 0. The van der Waals surface area contributed by atoms with Crippen molar-refractivity contribution in [1.29, 1.82) is 0 Å². The maximum atomic E-state index is 13.0. The Morgan fingerprint density at radius 1 is 1.19 bits per heavy atom. The third-order valence-electron chi connectivity index (χ3n) is 8.37. The number of hydrogen-bond donors (Lipinski definition) is 3. The minimum atomic E-state index is -0.115. The number of para-hydroxylation sites is 1. The van der Waals surface area contributed by atoms with Crippen LogP contribution in [0.2, 0.25) is 0 Å². The molecule has 6 nitrogen and oxygen atoms in total. The first-order valence-corrected chi connectivity index (χ1v) is 12.0. The van der Waals surface area contributed by atoms with E-state index in [9.17, 15) is 9.59 Å². The van der Waals surface area contributed by atoms with Gasteiger partial charge >= 0.3 is 0 Å². The van der Waals surface area contributed by atoms with Gasteiger partial charge in [-0.1, -0.05) is 12.1 Å². The average molecular weight is 424 g/mol. The molecule has 6 rings (SSSR count). The number of hydrogen-bond acceptors (Lipinski definition) is 3. The second-order valence-corrected chi connectivity index (χ2v) is 10.6. The van der Waals surface area contributed by atoms with E-state index in [4.69, 9.17) is 0 Å². The Kier molecular flexibility index (Phi) is 5.37. The number of rotatable bonds is 7. The van der Waals surface area contributed by atoms with Gasteiger partial charge in [-0.15, -0.1) is 0 Å². The van der Waals surface area contributed by atoms with Crippen molar-refractivity contribution in [2.24, 2.45) is 23.2 Å². The highest BCUT2D eigenvalue weighted by molar-refractivity contribution is 5.77. The molecule has 1 aromatic heterocycles. The number of benzene rings is 1. The molecule has 1 amide bonds. The van der Waals surface area contributed by atoms with Gasteiger partial charge in [0.25, 0.3) is 11.5 Å². The molecule has 2 atom stereocenters. The van der Waals surface area contributed by atoms with Gasteiger partial charge < -0.3 is 15.2 Å². The first-order chi connectivity index (χ1) is 14.9. The predicted octanol–water partition coefficient (Wildman–Crippen LogP) is 2.05. The second kappa shape index (κ2) is 8.05. The zero-order chi connectivity index (χ0) is 21.6. The minimum absolute atomic E-state index is 0.114. The topological polar surface area (TPSA) is 79.3 Å². The Balaban J connectivity index is 1.23. The summed E-state index contributed by atoms with van der Waals surface area (Å²) in [4.78, 5) is 33.9. The Bertz CT molecular complexity index is 994. The van der Waals surface area contributed by atoms with E-state index < -0.39 is 0 Å². The minimum Gasteiger partial charge on any atom is -0.348 e. The van der Waals surface area contributed by atoms with Gasteiger partial charge in [-0.2, -0.15) is 0 Å². The van der Waals surface area contributed by atoms with Gasteiger partial charge in [0.2, 0.25) is 0 Å². The highest BCUT2D eigenvalue weighted by Crippen LogP contribution is 2.61. The highest BCUT2D eigenvalue weighted by Gasteiger charge is 2.53. The smallest absolute Gasteiger partial charge is 0.275 e. The van der Waals surface area contributed by atoms with Gasteiger partial charge in [0.15, 0.2) is 12.4 Å². The van der Waals surface area contributed by atoms with Crippen molar-refractivity contribution in [2.45, 2.75) is 65.0 Å². The number of nitrogens with one attached hydrogen (secondary N) is 3. The molecule has 4 aliphatic carbocycles. The number of aromatic nitrogens is 2. The second-order valence-electron chi connectivity index (χ2n) is 10.6. The van der Waals surface area contributed by atoms with Crippen LogP contribution < -0.4 is 15.8 Å². The van der Waals surface area contributed by atoms with E-state index >= 15 is 0 Å². The van der Waals surface area contributed by atoms with Gasteiger partial charge in [-0.3, -0.25) is 9.59 Å². The van der Waals surface area contributed by atoms with Crippen molar-refractivity contribution >= 4 is 16.8 Å². The van der Waals surface area contributed by atoms with E-state index in [2.05, 4.69) is 29.1 Å². The molecule has 1 unspecified atom stereocenters. The van der Waals surface area contributed by atoms with Crippen LogP contribution in [0.4, 0.5) is 0 Å². The maximum Gasteiger partial charge on any atom is 0.275 e.